The first-order chi connectivity index (χ1) is 6.34. The highest BCUT2D eigenvalue weighted by Crippen LogP contribution is 2.22. The average Bonchev–Trinajstić information content (AvgIpc) is 1.75. The molecular weight excluding hydrogens is 192 g/mol. The smallest absolute Gasteiger partial charge is 0.115 e. The molecule has 0 aromatic carbocycles. The highest BCUT2D eigenvalue weighted by atomic mass is 16.3. The van der Waals surface area contributed by atoms with E-state index in [0.29, 0.717) is 13.0 Å². The minimum absolute atomic E-state index is 0.297. The van der Waals surface area contributed by atoms with Crippen molar-refractivity contribution in [2.45, 2.75) is 65.0 Å². The number of hydrogen-bond acceptors (Lipinski definition) is 4. The largest absolute Gasteiger partial charge is 0.376 e. The van der Waals surface area contributed by atoms with Gasteiger partial charge in [0, 0.05) is 12.1 Å². The fourth-order valence-corrected chi connectivity index (χ4v) is 1.62. The number of nitrogens with zero attached hydrogens (tertiary/aromatic N) is 1. The standard InChI is InChI=1S/C11H26N2O2/c1-9(2,12)7-8-13(10(3,4)14)11(5,6)15/h14-15H,7-8,12H2,1-6H3. The van der Waals surface area contributed by atoms with Gasteiger partial charge >= 0.3 is 0 Å². The zero-order chi connectivity index (χ0) is 12.5. The second kappa shape index (κ2) is 4.37. The van der Waals surface area contributed by atoms with Crippen molar-refractivity contribution in [2.75, 3.05) is 6.54 Å². The molecule has 0 unspecified atom stereocenters. The number of aliphatic hydroxyl groups is 2. The third-order valence-electron chi connectivity index (χ3n) is 2.30. The molecule has 0 fully saturated rings. The van der Waals surface area contributed by atoms with Gasteiger partial charge in [-0.15, -0.1) is 0 Å². The van der Waals surface area contributed by atoms with Crippen molar-refractivity contribution < 1.29 is 10.2 Å². The van der Waals surface area contributed by atoms with Crippen molar-refractivity contribution in [1.29, 1.82) is 0 Å². The molecule has 0 aromatic rings. The monoisotopic (exact) mass is 218 g/mol. The quantitative estimate of drug-likeness (QED) is 0.599. The van der Waals surface area contributed by atoms with E-state index >= 15 is 0 Å². The third kappa shape index (κ3) is 6.10. The van der Waals surface area contributed by atoms with E-state index in [1.165, 1.54) is 0 Å². The lowest BCUT2D eigenvalue weighted by atomic mass is 10.0. The van der Waals surface area contributed by atoms with Gasteiger partial charge in [0.2, 0.25) is 0 Å². The van der Waals surface area contributed by atoms with E-state index in [2.05, 4.69) is 0 Å². The summed E-state index contributed by atoms with van der Waals surface area (Å²) in [5.41, 5.74) is 3.48. The summed E-state index contributed by atoms with van der Waals surface area (Å²) in [6.45, 7) is 11.1. The third-order valence-corrected chi connectivity index (χ3v) is 2.30. The molecule has 0 aromatic heterocycles. The van der Waals surface area contributed by atoms with Crippen LogP contribution < -0.4 is 5.73 Å². The topological polar surface area (TPSA) is 69.7 Å². The lowest BCUT2D eigenvalue weighted by Crippen LogP contribution is -2.57. The van der Waals surface area contributed by atoms with Gasteiger partial charge < -0.3 is 15.9 Å². The van der Waals surface area contributed by atoms with Gasteiger partial charge in [-0.05, 0) is 48.0 Å². The predicted octanol–water partition coefficient (Wildman–Crippen LogP) is 0.873. The van der Waals surface area contributed by atoms with Gasteiger partial charge in [-0.3, -0.25) is 0 Å². The molecule has 0 saturated heterocycles. The molecule has 0 radical (unpaired) electrons. The molecule has 4 N–H and O–H groups in total. The Hall–Kier alpha value is -0.160. The van der Waals surface area contributed by atoms with Crippen LogP contribution in [0.15, 0.2) is 0 Å². The maximum absolute atomic E-state index is 9.93. The first kappa shape index (κ1) is 14.8. The molecule has 0 amide bonds. The number of rotatable bonds is 5. The summed E-state index contributed by atoms with van der Waals surface area (Å²) in [6.07, 6.45) is 0.709. The van der Waals surface area contributed by atoms with E-state index in [1.54, 1.807) is 32.6 Å². The van der Waals surface area contributed by atoms with E-state index in [1.807, 2.05) is 13.8 Å². The van der Waals surface area contributed by atoms with Crippen LogP contribution in [0.4, 0.5) is 0 Å². The Morgan fingerprint density at radius 2 is 1.27 bits per heavy atom. The van der Waals surface area contributed by atoms with Gasteiger partial charge in [-0.1, -0.05) is 0 Å². The second-order valence-electron chi connectivity index (χ2n) is 5.88. The van der Waals surface area contributed by atoms with Crippen LogP contribution in [0.5, 0.6) is 0 Å². The molecule has 0 bridgehead atoms. The zero-order valence-electron chi connectivity index (χ0n) is 10.8. The fourth-order valence-electron chi connectivity index (χ4n) is 1.62. The highest BCUT2D eigenvalue weighted by molar-refractivity contribution is 4.82. The zero-order valence-corrected chi connectivity index (χ0v) is 10.8. The van der Waals surface area contributed by atoms with Crippen LogP contribution in [0.2, 0.25) is 0 Å². The van der Waals surface area contributed by atoms with Crippen LogP contribution in [0, 0.1) is 0 Å². The van der Waals surface area contributed by atoms with Gasteiger partial charge in [0.25, 0.3) is 0 Å². The van der Waals surface area contributed by atoms with Gasteiger partial charge in [0.05, 0.1) is 0 Å². The van der Waals surface area contributed by atoms with Crippen molar-refractivity contribution in [3.8, 4) is 0 Å². The van der Waals surface area contributed by atoms with Crippen molar-refractivity contribution in [2.24, 2.45) is 5.73 Å². The van der Waals surface area contributed by atoms with Crippen molar-refractivity contribution >= 4 is 0 Å². The minimum Gasteiger partial charge on any atom is -0.376 e. The minimum atomic E-state index is -1.05. The number of hydrogen-bond donors (Lipinski definition) is 3. The van der Waals surface area contributed by atoms with Gasteiger partial charge in [0.15, 0.2) is 0 Å². The summed E-state index contributed by atoms with van der Waals surface area (Å²) >= 11 is 0. The van der Waals surface area contributed by atoms with Crippen molar-refractivity contribution in [3.05, 3.63) is 0 Å². The van der Waals surface area contributed by atoms with E-state index in [4.69, 9.17) is 5.73 Å². The fraction of sp³-hybridized carbons (Fsp3) is 1.00. The summed E-state index contributed by atoms with van der Waals surface area (Å²) in [5, 5.41) is 19.9. The lowest BCUT2D eigenvalue weighted by molar-refractivity contribution is -0.200. The molecule has 0 aliphatic carbocycles. The molecule has 0 heterocycles. The molecule has 0 spiro atoms. The first-order valence-electron chi connectivity index (χ1n) is 5.35. The van der Waals surface area contributed by atoms with Gasteiger partial charge in [0.1, 0.15) is 11.4 Å². The van der Waals surface area contributed by atoms with Crippen LogP contribution in [0.25, 0.3) is 0 Å². The number of nitrogens with two attached hydrogens (primary N) is 1. The molecule has 0 aliphatic heterocycles. The van der Waals surface area contributed by atoms with Gasteiger partial charge in [-0.25, -0.2) is 4.90 Å². The van der Waals surface area contributed by atoms with Crippen LogP contribution in [-0.2, 0) is 0 Å². The summed E-state index contributed by atoms with van der Waals surface area (Å²) in [7, 11) is 0. The second-order valence-corrected chi connectivity index (χ2v) is 5.88. The predicted molar refractivity (Wildman–Crippen MR) is 62.2 cm³/mol. The maximum Gasteiger partial charge on any atom is 0.115 e. The molecular formula is C11H26N2O2. The molecule has 4 nitrogen and oxygen atoms in total. The molecule has 0 rings (SSSR count). The van der Waals surface area contributed by atoms with Crippen molar-refractivity contribution in [3.63, 3.8) is 0 Å². The molecule has 0 atom stereocenters. The van der Waals surface area contributed by atoms with Crippen LogP contribution in [-0.4, -0.2) is 38.6 Å². The normalized spacial score (nSPS) is 14.8. The Kier molecular flexibility index (Phi) is 4.33. The Balaban J connectivity index is 4.56. The van der Waals surface area contributed by atoms with Crippen molar-refractivity contribution in [1.82, 2.24) is 4.90 Å². The lowest BCUT2D eigenvalue weighted by Gasteiger charge is -2.43. The first-order valence-corrected chi connectivity index (χ1v) is 5.35. The Morgan fingerprint density at radius 3 is 1.47 bits per heavy atom. The van der Waals surface area contributed by atoms with E-state index in [0.717, 1.165) is 0 Å². The molecule has 0 saturated carbocycles. The Labute approximate surface area is 93.1 Å². The SMILES string of the molecule is CC(C)(N)CCN(C(C)(C)O)C(C)(C)O. The molecule has 15 heavy (non-hydrogen) atoms. The maximum atomic E-state index is 9.93. The van der Waals surface area contributed by atoms with Crippen LogP contribution in [0.3, 0.4) is 0 Å². The van der Waals surface area contributed by atoms with E-state index < -0.39 is 11.4 Å². The van der Waals surface area contributed by atoms with E-state index in [-0.39, 0.29) is 5.54 Å². The summed E-state index contributed by atoms with van der Waals surface area (Å²) in [5.74, 6) is 0. The molecule has 92 valence electrons. The summed E-state index contributed by atoms with van der Waals surface area (Å²) in [4.78, 5) is 1.63. The van der Waals surface area contributed by atoms with Crippen LogP contribution in [0.1, 0.15) is 48.0 Å². The van der Waals surface area contributed by atoms with E-state index in [9.17, 15) is 10.2 Å². The van der Waals surface area contributed by atoms with Gasteiger partial charge in [-0.2, -0.15) is 0 Å². The Morgan fingerprint density at radius 1 is 0.933 bits per heavy atom. The summed E-state index contributed by atoms with van der Waals surface area (Å²) in [6, 6.07) is 0. The average molecular weight is 218 g/mol. The highest BCUT2D eigenvalue weighted by Gasteiger charge is 2.35. The van der Waals surface area contributed by atoms with Crippen LogP contribution >= 0.6 is 0 Å². The molecule has 4 heteroatoms. The summed E-state index contributed by atoms with van der Waals surface area (Å²) < 4.78 is 0. The molecule has 0 aliphatic rings. The Bertz CT molecular complexity index is 182.